The van der Waals surface area contributed by atoms with Gasteiger partial charge in [0, 0.05) is 22.0 Å². The van der Waals surface area contributed by atoms with E-state index in [9.17, 15) is 0 Å². The molecule has 0 bridgehead atoms. The van der Waals surface area contributed by atoms with Crippen molar-refractivity contribution in [3.05, 3.63) is 87.4 Å². The molecular weight excluding hydrogens is 461 g/mol. The summed E-state index contributed by atoms with van der Waals surface area (Å²) >= 11 is 19.8. The van der Waals surface area contributed by atoms with Crippen LogP contribution in [0.5, 0.6) is 5.75 Å². The van der Waals surface area contributed by atoms with Crippen LogP contribution in [-0.4, -0.2) is 21.9 Å². The number of hydrogen-bond acceptors (Lipinski definition) is 4. The Hall–Kier alpha value is -2.18. The zero-order valence-corrected chi connectivity index (χ0v) is 18.9. The highest BCUT2D eigenvalue weighted by Crippen LogP contribution is 2.32. The molecule has 0 N–H and O–H groups in total. The highest BCUT2D eigenvalue weighted by Gasteiger charge is 2.17. The van der Waals surface area contributed by atoms with Gasteiger partial charge in [-0.05, 0) is 66.2 Å². The lowest BCUT2D eigenvalue weighted by Crippen LogP contribution is -2.00. The van der Waals surface area contributed by atoms with Crippen molar-refractivity contribution >= 4 is 46.6 Å². The van der Waals surface area contributed by atoms with Crippen LogP contribution < -0.4 is 4.74 Å². The fraction of sp³-hybridized carbons (Fsp3) is 0.0909. The molecule has 0 fully saturated rings. The number of halogens is 3. The van der Waals surface area contributed by atoms with Crippen LogP contribution in [0.4, 0.5) is 0 Å². The van der Waals surface area contributed by atoms with Crippen LogP contribution in [0.3, 0.4) is 0 Å². The summed E-state index contributed by atoms with van der Waals surface area (Å²) in [6.07, 6.45) is 0. The lowest BCUT2D eigenvalue weighted by molar-refractivity contribution is 0.414. The molecule has 4 aromatic rings. The van der Waals surface area contributed by atoms with Crippen molar-refractivity contribution in [2.75, 3.05) is 7.11 Å². The summed E-state index contributed by atoms with van der Waals surface area (Å²) in [5.41, 5.74) is 2.90. The maximum absolute atomic E-state index is 6.15. The molecule has 0 aliphatic carbocycles. The Morgan fingerprint density at radius 3 is 2.27 bits per heavy atom. The number of ether oxygens (including phenoxy) is 1. The Labute approximate surface area is 193 Å². The molecule has 0 aliphatic rings. The minimum absolute atomic E-state index is 0.535. The molecule has 0 saturated carbocycles. The molecule has 30 heavy (non-hydrogen) atoms. The van der Waals surface area contributed by atoms with Crippen LogP contribution in [0.2, 0.25) is 15.1 Å². The second-order valence-corrected chi connectivity index (χ2v) is 8.58. The summed E-state index contributed by atoms with van der Waals surface area (Å²) in [5.74, 6) is 2.18. The average molecular weight is 477 g/mol. The minimum atomic E-state index is 0.535. The Kier molecular flexibility index (Phi) is 6.54. The van der Waals surface area contributed by atoms with E-state index in [4.69, 9.17) is 39.5 Å². The molecule has 1 aromatic heterocycles. The van der Waals surface area contributed by atoms with Crippen LogP contribution >= 0.6 is 46.6 Å². The number of benzene rings is 3. The summed E-state index contributed by atoms with van der Waals surface area (Å²) in [5, 5.41) is 11.4. The van der Waals surface area contributed by atoms with Crippen molar-refractivity contribution in [1.82, 2.24) is 14.8 Å². The van der Waals surface area contributed by atoms with E-state index in [0.29, 0.717) is 20.8 Å². The first-order valence-corrected chi connectivity index (χ1v) is 11.1. The van der Waals surface area contributed by atoms with Gasteiger partial charge in [-0.25, -0.2) is 0 Å². The van der Waals surface area contributed by atoms with Gasteiger partial charge in [-0.1, -0.05) is 52.6 Å². The highest BCUT2D eigenvalue weighted by molar-refractivity contribution is 7.98. The van der Waals surface area contributed by atoms with Gasteiger partial charge in [0.15, 0.2) is 11.0 Å². The molecular formula is C22H16Cl3N3OS. The predicted octanol–water partition coefficient (Wildman–Crippen LogP) is 7.20. The first-order valence-electron chi connectivity index (χ1n) is 8.97. The quantitative estimate of drug-likeness (QED) is 0.276. The van der Waals surface area contributed by atoms with E-state index in [0.717, 1.165) is 33.5 Å². The van der Waals surface area contributed by atoms with Crippen molar-refractivity contribution in [3.8, 4) is 22.8 Å². The van der Waals surface area contributed by atoms with Crippen molar-refractivity contribution in [1.29, 1.82) is 0 Å². The first-order chi connectivity index (χ1) is 14.5. The number of rotatable bonds is 6. The molecule has 0 aliphatic heterocycles. The number of aromatic nitrogens is 3. The monoisotopic (exact) mass is 475 g/mol. The molecule has 8 heteroatoms. The zero-order valence-electron chi connectivity index (χ0n) is 15.8. The molecule has 0 spiro atoms. The molecule has 1 heterocycles. The molecule has 0 radical (unpaired) electrons. The third-order valence-corrected chi connectivity index (χ3v) is 6.41. The fourth-order valence-electron chi connectivity index (χ4n) is 2.89. The van der Waals surface area contributed by atoms with Gasteiger partial charge in [-0.3, -0.25) is 4.57 Å². The molecule has 4 rings (SSSR count). The summed E-state index contributed by atoms with van der Waals surface area (Å²) in [7, 11) is 1.64. The molecule has 0 atom stereocenters. The predicted molar refractivity (Wildman–Crippen MR) is 124 cm³/mol. The molecule has 152 valence electrons. The van der Waals surface area contributed by atoms with Gasteiger partial charge in [0.25, 0.3) is 0 Å². The topological polar surface area (TPSA) is 39.9 Å². The summed E-state index contributed by atoms with van der Waals surface area (Å²) < 4.78 is 7.31. The third kappa shape index (κ3) is 4.60. The van der Waals surface area contributed by atoms with Gasteiger partial charge in [-0.2, -0.15) is 0 Å². The van der Waals surface area contributed by atoms with Crippen molar-refractivity contribution in [2.45, 2.75) is 10.9 Å². The number of hydrogen-bond donors (Lipinski definition) is 0. The Morgan fingerprint density at radius 1 is 0.867 bits per heavy atom. The van der Waals surface area contributed by atoms with Crippen LogP contribution in [0.1, 0.15) is 5.56 Å². The molecule has 0 amide bonds. The van der Waals surface area contributed by atoms with E-state index in [-0.39, 0.29) is 0 Å². The summed E-state index contributed by atoms with van der Waals surface area (Å²) in [6.45, 7) is 0. The van der Waals surface area contributed by atoms with Gasteiger partial charge >= 0.3 is 0 Å². The number of thioether (sulfide) groups is 1. The zero-order chi connectivity index (χ0) is 21.1. The molecule has 0 saturated heterocycles. The minimum Gasteiger partial charge on any atom is -0.497 e. The van der Waals surface area contributed by atoms with Crippen LogP contribution in [0.15, 0.2) is 71.9 Å². The number of nitrogens with zero attached hydrogens (tertiary/aromatic N) is 3. The maximum Gasteiger partial charge on any atom is 0.196 e. The standard InChI is InChI=1S/C22H16Cl3N3OS/c1-29-18-9-7-17(8-10-18)28-21(15-3-5-16(23)6-4-15)26-27-22(28)30-13-14-2-11-19(24)20(25)12-14/h2-12H,13H2,1H3. The summed E-state index contributed by atoms with van der Waals surface area (Å²) in [6, 6.07) is 20.9. The molecule has 4 nitrogen and oxygen atoms in total. The SMILES string of the molecule is COc1ccc(-n2c(SCc3ccc(Cl)c(Cl)c3)nnc2-c2ccc(Cl)cc2)cc1. The van der Waals surface area contributed by atoms with Crippen LogP contribution in [0.25, 0.3) is 17.1 Å². The van der Waals surface area contributed by atoms with Crippen molar-refractivity contribution in [2.24, 2.45) is 0 Å². The smallest absolute Gasteiger partial charge is 0.196 e. The van der Waals surface area contributed by atoms with E-state index >= 15 is 0 Å². The van der Waals surface area contributed by atoms with Gasteiger partial charge in [0.2, 0.25) is 0 Å². The lowest BCUT2D eigenvalue weighted by atomic mass is 10.2. The van der Waals surface area contributed by atoms with E-state index in [1.165, 1.54) is 0 Å². The normalized spacial score (nSPS) is 10.9. The summed E-state index contributed by atoms with van der Waals surface area (Å²) in [4.78, 5) is 0. The van der Waals surface area contributed by atoms with Gasteiger partial charge in [0.1, 0.15) is 5.75 Å². The van der Waals surface area contributed by atoms with Gasteiger partial charge in [-0.15, -0.1) is 10.2 Å². The van der Waals surface area contributed by atoms with Crippen molar-refractivity contribution in [3.63, 3.8) is 0 Å². The lowest BCUT2D eigenvalue weighted by Gasteiger charge is -2.11. The van der Waals surface area contributed by atoms with E-state index < -0.39 is 0 Å². The second-order valence-electron chi connectivity index (χ2n) is 6.38. The highest BCUT2D eigenvalue weighted by atomic mass is 35.5. The Bertz CT molecular complexity index is 1160. The second kappa shape index (κ2) is 9.31. The number of methoxy groups -OCH3 is 1. The third-order valence-electron chi connectivity index (χ3n) is 4.42. The maximum atomic E-state index is 6.15. The molecule has 0 unspecified atom stereocenters. The first kappa shape index (κ1) is 21.1. The molecule has 3 aromatic carbocycles. The average Bonchev–Trinajstić information content (AvgIpc) is 3.19. The van der Waals surface area contributed by atoms with Crippen LogP contribution in [0, 0.1) is 0 Å². The van der Waals surface area contributed by atoms with Gasteiger partial charge in [0.05, 0.1) is 17.2 Å². The van der Waals surface area contributed by atoms with Crippen LogP contribution in [-0.2, 0) is 5.75 Å². The van der Waals surface area contributed by atoms with E-state index in [1.807, 2.05) is 65.2 Å². The van der Waals surface area contributed by atoms with Crippen molar-refractivity contribution < 1.29 is 4.74 Å². The Morgan fingerprint density at radius 2 is 1.60 bits per heavy atom. The Balaban J connectivity index is 1.71. The fourth-order valence-corrected chi connectivity index (χ4v) is 4.23. The largest absolute Gasteiger partial charge is 0.497 e. The van der Waals surface area contributed by atoms with E-state index in [1.54, 1.807) is 24.9 Å². The van der Waals surface area contributed by atoms with E-state index in [2.05, 4.69) is 10.2 Å². The van der Waals surface area contributed by atoms with Gasteiger partial charge < -0.3 is 4.74 Å².